The van der Waals surface area contributed by atoms with Gasteiger partial charge in [-0.15, -0.1) is 11.3 Å². The van der Waals surface area contributed by atoms with Gasteiger partial charge in [-0.25, -0.2) is 4.98 Å². The fraction of sp³-hybridized carbons (Fsp3) is 0.375. The summed E-state index contributed by atoms with van der Waals surface area (Å²) in [5, 5.41) is 2.89. The summed E-state index contributed by atoms with van der Waals surface area (Å²) >= 11 is 1.57. The monoisotopic (exact) mass is 289 g/mol. The highest BCUT2D eigenvalue weighted by molar-refractivity contribution is 7.13. The third-order valence-electron chi connectivity index (χ3n) is 3.12. The number of ether oxygens (including phenoxy) is 1. The van der Waals surface area contributed by atoms with Gasteiger partial charge >= 0.3 is 0 Å². The average Bonchev–Trinajstić information content (AvgIpc) is 2.95. The van der Waals surface area contributed by atoms with Crippen LogP contribution in [0.3, 0.4) is 0 Å². The van der Waals surface area contributed by atoms with Gasteiger partial charge in [0, 0.05) is 10.9 Å². The molecular weight excluding hydrogens is 270 g/mol. The normalized spacial score (nSPS) is 10.4. The van der Waals surface area contributed by atoms with Gasteiger partial charge < -0.3 is 4.74 Å². The first-order chi connectivity index (χ1) is 9.83. The molecule has 20 heavy (non-hydrogen) atoms. The highest BCUT2D eigenvalue weighted by Crippen LogP contribution is 2.24. The average molecular weight is 289 g/mol. The smallest absolute Gasteiger partial charge is 0.293 e. The Morgan fingerprint density at radius 1 is 1.25 bits per heavy atom. The second kappa shape index (κ2) is 7.80. The van der Waals surface area contributed by atoms with Crippen LogP contribution in [0, 0.1) is 0 Å². The van der Waals surface area contributed by atoms with Gasteiger partial charge in [0.15, 0.2) is 0 Å². The molecule has 1 aromatic carbocycles. The lowest BCUT2D eigenvalue weighted by molar-refractivity contribution is -0.129. The van der Waals surface area contributed by atoms with Crippen molar-refractivity contribution in [3.63, 3.8) is 0 Å². The molecule has 2 aromatic rings. The summed E-state index contributed by atoms with van der Waals surface area (Å²) in [5.74, 6) is 0. The van der Waals surface area contributed by atoms with Crippen molar-refractivity contribution in [1.82, 2.24) is 4.98 Å². The molecule has 1 aromatic heterocycles. The van der Waals surface area contributed by atoms with Crippen molar-refractivity contribution in [3.8, 4) is 10.6 Å². The zero-order valence-electron chi connectivity index (χ0n) is 11.7. The summed E-state index contributed by atoms with van der Waals surface area (Å²) in [7, 11) is 0. The van der Waals surface area contributed by atoms with Crippen molar-refractivity contribution in [2.24, 2.45) is 0 Å². The molecule has 0 fully saturated rings. The molecule has 106 valence electrons. The first kappa shape index (κ1) is 14.7. The number of thiazole rings is 1. The van der Waals surface area contributed by atoms with E-state index in [4.69, 9.17) is 4.74 Å². The van der Waals surface area contributed by atoms with E-state index in [1.165, 1.54) is 24.8 Å². The number of carbonyl (C=O) groups is 1. The van der Waals surface area contributed by atoms with E-state index in [2.05, 4.69) is 36.2 Å². The number of hydrogen-bond acceptors (Lipinski definition) is 4. The zero-order chi connectivity index (χ0) is 14.2. The predicted molar refractivity (Wildman–Crippen MR) is 81.6 cm³/mol. The number of carbonyl (C=O) groups excluding carboxylic acids is 1. The van der Waals surface area contributed by atoms with Crippen molar-refractivity contribution in [1.29, 1.82) is 0 Å². The first-order valence-electron chi connectivity index (χ1n) is 6.92. The third kappa shape index (κ3) is 4.17. The Morgan fingerprint density at radius 2 is 2.05 bits per heavy atom. The largest absolute Gasteiger partial charge is 0.461 e. The van der Waals surface area contributed by atoms with Gasteiger partial charge in [0.25, 0.3) is 6.47 Å². The molecule has 0 radical (unpaired) electrons. The van der Waals surface area contributed by atoms with Gasteiger partial charge in [-0.3, -0.25) is 4.79 Å². The summed E-state index contributed by atoms with van der Waals surface area (Å²) in [6.07, 6.45) is 4.93. The van der Waals surface area contributed by atoms with Crippen LogP contribution in [0.5, 0.6) is 0 Å². The Labute approximate surface area is 123 Å². The van der Waals surface area contributed by atoms with Crippen LogP contribution in [-0.4, -0.2) is 11.5 Å². The van der Waals surface area contributed by atoms with Crippen molar-refractivity contribution in [2.45, 2.75) is 39.2 Å². The lowest BCUT2D eigenvalue weighted by Gasteiger charge is -2.02. The number of rotatable bonds is 8. The molecule has 2 rings (SSSR count). The molecular formula is C16H19NO2S. The van der Waals surface area contributed by atoms with Crippen LogP contribution in [0.15, 0.2) is 29.6 Å². The van der Waals surface area contributed by atoms with Gasteiger partial charge in [0.2, 0.25) is 0 Å². The van der Waals surface area contributed by atoms with Crippen molar-refractivity contribution < 1.29 is 9.53 Å². The predicted octanol–water partition coefficient (Wildman–Crippen LogP) is 4.22. The number of nitrogens with zero attached hydrogens (tertiary/aromatic N) is 1. The van der Waals surface area contributed by atoms with Crippen LogP contribution in [0.4, 0.5) is 0 Å². The fourth-order valence-electron chi connectivity index (χ4n) is 2.02. The molecule has 0 amide bonds. The van der Waals surface area contributed by atoms with Crippen LogP contribution >= 0.6 is 11.3 Å². The van der Waals surface area contributed by atoms with Gasteiger partial charge in [0.05, 0.1) is 5.69 Å². The Balaban J connectivity index is 1.98. The number of hydrogen-bond donors (Lipinski definition) is 0. The van der Waals surface area contributed by atoms with Gasteiger partial charge in [-0.05, 0) is 18.4 Å². The number of aromatic nitrogens is 1. The quantitative estimate of drug-likeness (QED) is 0.539. The maximum atomic E-state index is 10.2. The van der Waals surface area contributed by atoms with Crippen molar-refractivity contribution in [3.05, 3.63) is 40.9 Å². The number of aryl methyl sites for hydroxylation is 1. The molecule has 4 heteroatoms. The molecule has 3 nitrogen and oxygen atoms in total. The molecule has 1 heterocycles. The Hall–Kier alpha value is -1.68. The molecule has 0 N–H and O–H groups in total. The van der Waals surface area contributed by atoms with E-state index in [1.807, 2.05) is 5.38 Å². The number of unbranched alkanes of at least 4 members (excludes halogenated alkanes) is 2. The second-order valence-corrected chi connectivity index (χ2v) is 5.56. The molecule has 0 saturated heterocycles. The summed E-state index contributed by atoms with van der Waals surface area (Å²) in [6.45, 7) is 2.91. The summed E-state index contributed by atoms with van der Waals surface area (Å²) in [4.78, 5) is 14.6. The molecule has 0 aliphatic rings. The molecule has 0 bridgehead atoms. The summed E-state index contributed by atoms with van der Waals surface area (Å²) in [6, 6.07) is 8.58. The van der Waals surface area contributed by atoms with Gasteiger partial charge in [-0.1, -0.05) is 44.0 Å². The third-order valence-corrected chi connectivity index (χ3v) is 4.06. The Bertz CT molecular complexity index is 534. The summed E-state index contributed by atoms with van der Waals surface area (Å²) in [5.41, 5.74) is 3.29. The van der Waals surface area contributed by atoms with Crippen LogP contribution in [0.1, 0.15) is 37.4 Å². The molecule has 0 atom stereocenters. The number of benzene rings is 1. The van der Waals surface area contributed by atoms with Crippen LogP contribution in [0.25, 0.3) is 10.6 Å². The van der Waals surface area contributed by atoms with E-state index in [9.17, 15) is 4.79 Å². The first-order valence-corrected chi connectivity index (χ1v) is 7.80. The van der Waals surface area contributed by atoms with E-state index < -0.39 is 0 Å². The highest BCUT2D eigenvalue weighted by Gasteiger charge is 2.05. The van der Waals surface area contributed by atoms with Gasteiger partial charge in [-0.2, -0.15) is 0 Å². The molecule has 0 unspecified atom stereocenters. The van der Waals surface area contributed by atoms with Crippen LogP contribution in [0.2, 0.25) is 0 Å². The van der Waals surface area contributed by atoms with Crippen molar-refractivity contribution in [2.75, 3.05) is 0 Å². The van der Waals surface area contributed by atoms with Crippen molar-refractivity contribution >= 4 is 17.8 Å². The van der Waals surface area contributed by atoms with E-state index >= 15 is 0 Å². The van der Waals surface area contributed by atoms with Crippen LogP contribution < -0.4 is 0 Å². The SMILES string of the molecule is CCCCCc1ccc(-c2nc(COC=O)cs2)cc1. The van der Waals surface area contributed by atoms with E-state index in [0.29, 0.717) is 6.47 Å². The molecule has 0 aliphatic heterocycles. The standard InChI is InChI=1S/C16H19NO2S/c1-2-3-4-5-13-6-8-14(9-7-13)16-17-15(11-20-16)10-19-12-18/h6-9,11-12H,2-5,10H2,1H3. The fourth-order valence-corrected chi connectivity index (χ4v) is 2.83. The Morgan fingerprint density at radius 3 is 2.75 bits per heavy atom. The van der Waals surface area contributed by atoms with E-state index in [-0.39, 0.29) is 6.61 Å². The minimum absolute atomic E-state index is 0.245. The molecule has 0 spiro atoms. The maximum absolute atomic E-state index is 10.2. The topological polar surface area (TPSA) is 39.2 Å². The van der Waals surface area contributed by atoms with Gasteiger partial charge in [0.1, 0.15) is 11.6 Å². The lowest BCUT2D eigenvalue weighted by atomic mass is 10.1. The highest BCUT2D eigenvalue weighted by atomic mass is 32.1. The molecule has 0 aliphatic carbocycles. The Kier molecular flexibility index (Phi) is 5.74. The zero-order valence-corrected chi connectivity index (χ0v) is 12.5. The minimum Gasteiger partial charge on any atom is -0.461 e. The van der Waals surface area contributed by atoms with Crippen LogP contribution in [-0.2, 0) is 22.6 Å². The van der Waals surface area contributed by atoms with E-state index in [0.717, 1.165) is 22.7 Å². The lowest BCUT2D eigenvalue weighted by Crippen LogP contribution is -1.90. The maximum Gasteiger partial charge on any atom is 0.293 e. The summed E-state index contributed by atoms with van der Waals surface area (Å²) < 4.78 is 4.71. The molecule has 0 saturated carbocycles. The van der Waals surface area contributed by atoms with E-state index in [1.54, 1.807) is 11.3 Å². The second-order valence-electron chi connectivity index (χ2n) is 4.71. The minimum atomic E-state index is 0.245.